The highest BCUT2D eigenvalue weighted by Crippen LogP contribution is 2.40. The van der Waals surface area contributed by atoms with Crippen LogP contribution in [0.4, 0.5) is 5.82 Å². The van der Waals surface area contributed by atoms with E-state index in [1.165, 1.54) is 25.4 Å². The summed E-state index contributed by atoms with van der Waals surface area (Å²) in [6.07, 6.45) is -68.8. The molecule has 0 saturated carbocycles. The van der Waals surface area contributed by atoms with Gasteiger partial charge in [-0.15, -0.1) is 0 Å². The van der Waals surface area contributed by atoms with Gasteiger partial charge in [-0.1, -0.05) is 18.2 Å². The lowest BCUT2D eigenvalue weighted by Crippen LogP contribution is -2.68. The van der Waals surface area contributed by atoms with Crippen molar-refractivity contribution in [2.75, 3.05) is 58.6 Å². The Morgan fingerprint density at radius 3 is 0.850 bits per heavy atom. The predicted molar refractivity (Wildman–Crippen MR) is 312 cm³/mol. The van der Waals surface area contributed by atoms with E-state index >= 15 is 0 Å². The first-order valence-corrected chi connectivity index (χ1v) is 32.7. The van der Waals surface area contributed by atoms with E-state index in [9.17, 15) is 126 Å². The van der Waals surface area contributed by atoms with E-state index < -0.39 is 283 Å². The van der Waals surface area contributed by atoms with Gasteiger partial charge in [-0.05, 0) is 24.3 Å². The Morgan fingerprint density at radius 1 is 0.380 bits per heavy atom. The number of hydrogen-bond acceptors (Lipinski definition) is 40. The largest absolute Gasteiger partial charge is 0.505 e. The summed E-state index contributed by atoms with van der Waals surface area (Å²) in [4.78, 5) is 16.3. The smallest absolute Gasteiger partial charge is 0.277 e. The molecule has 22 aliphatic heterocycles. The van der Waals surface area contributed by atoms with Crippen molar-refractivity contribution in [1.29, 1.82) is 0 Å². The molecule has 1 amide bonds. The standard InChI is InChI=1S/C42H70O35.C15H13N3O4S/c43-1-8-29-15(50)22(57)36(64-8)72-30-9(2-44)66-38(24(59)17(30)52)74-32-11(4-46)68-40(26(61)19(32)54)76-34-13(6-48)70-42(28(63)21(34)56)77-35-14(7-49)69-41(27(62)20(35)55)75-33-12(5-47)67-39(25(60)18(33)53)73-31-10(3-45)65-37(71-29)23(58)16(31)51;1-18-13(15(20)17-12-8-4-5-9-16-12)14(19)10-6-2-3-7-11(10)23(18,21)22/h8-63H,1-7H2;2-9,19H,1H3,(H,16,17,20)/t8-,9-,10-,11-,12-,13-,14-,15-,16-,17-,18-,19-,20-,21-,22-,23-,24-,25-,26-,27-,28-,29-,30-,31-,32-,33-,34-,35-,36-,37-,38+,39+,40+,41+,42+;/m1./s1. The highest BCUT2D eigenvalue weighted by molar-refractivity contribution is 7.89. The van der Waals surface area contributed by atoms with E-state index in [1.54, 1.807) is 30.3 Å². The van der Waals surface area contributed by atoms with Crippen LogP contribution in [0, 0.1) is 0 Å². The second-order valence-electron chi connectivity index (χ2n) is 24.5. The zero-order chi connectivity index (χ0) is 72.7. The molecule has 1 aromatic heterocycles. The molecule has 43 heteroatoms. The van der Waals surface area contributed by atoms with Crippen molar-refractivity contribution in [3.8, 4) is 0 Å². The molecule has 21 fully saturated rings. The van der Waals surface area contributed by atoms with Crippen molar-refractivity contribution in [2.24, 2.45) is 0 Å². The number of carbonyl (C=O) groups excluding carboxylic acids is 1. The Balaban J connectivity index is 0.000000394. The summed E-state index contributed by atoms with van der Waals surface area (Å²) >= 11 is 0. The monoisotopic (exact) mass is 1470 g/mol. The van der Waals surface area contributed by atoms with Crippen molar-refractivity contribution < 1.29 is 192 Å². The fourth-order valence-electron chi connectivity index (χ4n) is 12.7. The van der Waals surface area contributed by atoms with Crippen LogP contribution in [0.15, 0.2) is 59.3 Å². The minimum absolute atomic E-state index is 0.0469. The summed E-state index contributed by atoms with van der Waals surface area (Å²) in [7, 11) is -2.69. The lowest BCUT2D eigenvalue weighted by atomic mass is 9.95. The summed E-state index contributed by atoms with van der Waals surface area (Å²) in [6.45, 7) is -7.33. The van der Waals surface area contributed by atoms with E-state index in [1.807, 2.05) is 0 Å². The molecule has 14 bridgehead atoms. The molecule has 2 aromatic rings. The molecule has 24 rings (SSSR count). The minimum Gasteiger partial charge on any atom is -0.505 e. The van der Waals surface area contributed by atoms with Gasteiger partial charge >= 0.3 is 0 Å². The maximum atomic E-state index is 12.5. The molecule has 100 heavy (non-hydrogen) atoms. The van der Waals surface area contributed by atoms with Gasteiger partial charge in [-0.3, -0.25) is 9.10 Å². The molecule has 21 saturated heterocycles. The first kappa shape index (κ1) is 78.3. The second kappa shape index (κ2) is 33.0. The first-order chi connectivity index (χ1) is 47.6. The summed E-state index contributed by atoms with van der Waals surface area (Å²) in [6, 6.07) is 10.9. The van der Waals surface area contributed by atoms with Crippen LogP contribution in [0.5, 0.6) is 0 Å². The molecule has 0 aliphatic carbocycles. The average molecular weight is 1470 g/mol. The van der Waals surface area contributed by atoms with E-state index in [0.29, 0.717) is 0 Å². The SMILES string of the molecule is CN1C(C(=O)Nc2ccccn2)=C(O)c2ccccc2S1(=O)=O.OC[C@H]1O[C@H]2O[C@H]3[C@H](O)[C@@H](O)[C@H](O[C@H]4[C@H](O)[C@@H](O)[C@H](O[C@H]5[C@H](O)[C@@H](O)[C@@H](O[C@H]6[C@H](O)[C@@H](O)[C@@H](O[C@H]7[C@H](O)[C@@H](O)[C@H](O[C@H]8[C@H](O)[C@@H](O)[C@H](O[C@H]1[C@H](O)[C@H]2O)O[C@@H]8CO)O[C@@H]7CO)O[C@@H]6CO)O[C@@H]5CO)O[C@@H]4CO)O[C@@H]3CO. The van der Waals surface area contributed by atoms with Crippen LogP contribution in [0.25, 0.3) is 5.76 Å². The lowest BCUT2D eigenvalue weighted by Gasteiger charge is -2.50. The van der Waals surface area contributed by atoms with Gasteiger partial charge in [-0.25, -0.2) is 13.4 Å². The van der Waals surface area contributed by atoms with Gasteiger partial charge in [0.15, 0.2) is 55.5 Å². The third-order valence-corrected chi connectivity index (χ3v) is 20.0. The summed E-state index contributed by atoms with van der Waals surface area (Å²) in [5, 5.41) is 243. The number of hydrogen-bond donors (Lipinski definition) is 23. The fraction of sp³-hybridized carbons (Fsp3) is 0.754. The molecule has 22 aliphatic rings. The summed E-state index contributed by atoms with van der Waals surface area (Å²) in [5.74, 6) is -0.907. The van der Waals surface area contributed by atoms with Gasteiger partial charge in [0, 0.05) is 18.8 Å². The van der Waals surface area contributed by atoms with Crippen molar-refractivity contribution >= 4 is 27.5 Å². The molecule has 0 unspecified atom stereocenters. The van der Waals surface area contributed by atoms with Crippen molar-refractivity contribution in [3.05, 3.63) is 59.9 Å². The van der Waals surface area contributed by atoms with Gasteiger partial charge in [0.2, 0.25) is 0 Å². The Hall–Kier alpha value is -4.27. The van der Waals surface area contributed by atoms with Crippen LogP contribution in [0.1, 0.15) is 5.56 Å². The van der Waals surface area contributed by atoms with Crippen LogP contribution in [0.2, 0.25) is 0 Å². The molecular weight excluding hydrogens is 1380 g/mol. The minimum atomic E-state index is -3.91. The highest BCUT2D eigenvalue weighted by atomic mass is 32.2. The molecule has 0 radical (unpaired) electrons. The van der Waals surface area contributed by atoms with Gasteiger partial charge < -0.3 is 184 Å². The van der Waals surface area contributed by atoms with Crippen molar-refractivity contribution in [3.63, 3.8) is 0 Å². The summed E-state index contributed by atoms with van der Waals surface area (Å²) in [5.41, 5.74) is -0.258. The maximum Gasteiger partial charge on any atom is 0.277 e. The number of anilines is 1. The second-order valence-corrected chi connectivity index (χ2v) is 26.4. The van der Waals surface area contributed by atoms with Crippen molar-refractivity contribution in [2.45, 2.75) is 220 Å². The quantitative estimate of drug-likeness (QED) is 0.111. The Morgan fingerprint density at radius 2 is 0.620 bits per heavy atom. The van der Waals surface area contributed by atoms with Gasteiger partial charge in [0.1, 0.15) is 177 Å². The Labute approximate surface area is 565 Å². The molecule has 0 spiro atoms. The Bertz CT molecular complexity index is 2770. The zero-order valence-electron chi connectivity index (χ0n) is 52.4. The number of fused-ring (bicyclic) bond motifs is 1. The van der Waals surface area contributed by atoms with Crippen LogP contribution in [-0.4, -0.2) is 404 Å². The van der Waals surface area contributed by atoms with Crippen LogP contribution in [-0.2, 0) is 81.1 Å². The number of pyridine rings is 1. The molecule has 23 heterocycles. The highest BCUT2D eigenvalue weighted by Gasteiger charge is 2.60. The molecule has 1 aromatic carbocycles. The number of likely N-dealkylation sites (N-methyl/N-ethyl adjacent to an activating group) is 1. The number of ether oxygens (including phenoxy) is 14. The number of aliphatic hydroxyl groups is 22. The fourth-order valence-corrected chi connectivity index (χ4v) is 14.1. The van der Waals surface area contributed by atoms with E-state index in [4.69, 9.17) is 66.3 Å². The predicted octanol–water partition coefficient (Wildman–Crippen LogP) is -13.6. The van der Waals surface area contributed by atoms with Crippen LogP contribution in [0.3, 0.4) is 0 Å². The first-order valence-electron chi connectivity index (χ1n) is 31.3. The van der Waals surface area contributed by atoms with E-state index in [0.717, 1.165) is 4.31 Å². The number of nitrogens with one attached hydrogen (secondary N) is 1. The Kier molecular flexibility index (Phi) is 25.9. The van der Waals surface area contributed by atoms with Crippen LogP contribution >= 0.6 is 0 Å². The third kappa shape index (κ3) is 15.4. The number of sulfonamides is 1. The van der Waals surface area contributed by atoms with E-state index in [-0.39, 0.29) is 22.0 Å². The molecule has 23 N–H and O–H groups in total. The number of amides is 1. The average Bonchev–Trinajstić information content (AvgIpc) is 0.745. The van der Waals surface area contributed by atoms with Gasteiger partial charge in [-0.2, -0.15) is 0 Å². The topological polar surface area (TPSA) is 654 Å². The lowest BCUT2D eigenvalue weighted by molar-refractivity contribution is -0.396. The molecule has 566 valence electrons. The normalized spacial score (nSPS) is 46.3. The van der Waals surface area contributed by atoms with E-state index in [2.05, 4.69) is 10.3 Å². The number of aromatic nitrogens is 1. The molecule has 42 nitrogen and oxygen atoms in total. The summed E-state index contributed by atoms with van der Waals surface area (Å²) < 4.78 is 105. The molecule has 35 atom stereocenters. The number of aliphatic hydroxyl groups excluding tert-OH is 22. The number of benzene rings is 1. The van der Waals surface area contributed by atoms with Crippen molar-refractivity contribution in [1.82, 2.24) is 9.29 Å². The third-order valence-electron chi connectivity index (χ3n) is 18.2. The maximum absolute atomic E-state index is 12.5. The van der Waals surface area contributed by atoms with Gasteiger partial charge in [0.25, 0.3) is 15.9 Å². The zero-order valence-corrected chi connectivity index (χ0v) is 53.2. The van der Waals surface area contributed by atoms with Gasteiger partial charge in [0.05, 0.1) is 51.1 Å². The van der Waals surface area contributed by atoms with Crippen LogP contribution < -0.4 is 5.32 Å². The number of rotatable bonds is 9. The number of nitrogens with zero attached hydrogens (tertiary/aromatic N) is 2. The molecular formula is C57H83N3O39S. The number of carbonyl (C=O) groups is 1.